The zero-order valence-corrected chi connectivity index (χ0v) is 9.76. The summed E-state index contributed by atoms with van der Waals surface area (Å²) in [5.41, 5.74) is 0. The van der Waals surface area contributed by atoms with Crippen LogP contribution in [0.1, 0.15) is 0 Å². The number of rotatable bonds is 3. The Bertz CT molecular complexity index is 431. The molecule has 1 saturated heterocycles. The zero-order valence-electron chi connectivity index (χ0n) is 9.76. The van der Waals surface area contributed by atoms with Gasteiger partial charge in [0.1, 0.15) is 24.4 Å². The van der Waals surface area contributed by atoms with Gasteiger partial charge in [-0.2, -0.15) is 4.39 Å². The molecule has 0 aromatic carbocycles. The van der Waals surface area contributed by atoms with Crippen LogP contribution < -0.4 is 4.74 Å². The van der Waals surface area contributed by atoms with Gasteiger partial charge in [0.15, 0.2) is 5.75 Å². The molecule has 0 saturated carbocycles. The van der Waals surface area contributed by atoms with Crippen LogP contribution in [-0.4, -0.2) is 62.7 Å². The second-order valence-electron chi connectivity index (χ2n) is 4.11. The minimum absolute atomic E-state index is 0.271. The fourth-order valence-corrected chi connectivity index (χ4v) is 1.75. The number of aromatic nitrogens is 1. The molecule has 4 N–H and O–H groups in total. The van der Waals surface area contributed by atoms with Crippen molar-refractivity contribution >= 4 is 0 Å². The topological polar surface area (TPSA) is 112 Å². The normalized spacial score (nSPS) is 35.1. The summed E-state index contributed by atoms with van der Waals surface area (Å²) in [6.07, 6.45) is -5.96. The average molecular weight is 274 g/mol. The third-order valence-electron chi connectivity index (χ3n) is 2.82. The molecule has 19 heavy (non-hydrogen) atoms. The number of aliphatic hydroxyl groups excluding tert-OH is 4. The molecule has 106 valence electrons. The molecule has 1 aliphatic heterocycles. The van der Waals surface area contributed by atoms with Crippen LogP contribution in [0, 0.1) is 5.95 Å². The average Bonchev–Trinajstić information content (AvgIpc) is 2.41. The van der Waals surface area contributed by atoms with Crippen molar-refractivity contribution in [1.29, 1.82) is 0 Å². The molecule has 0 aliphatic carbocycles. The molecule has 1 aliphatic rings. The molecule has 5 atom stereocenters. The van der Waals surface area contributed by atoms with Crippen LogP contribution in [0.4, 0.5) is 4.39 Å². The van der Waals surface area contributed by atoms with Crippen LogP contribution in [0.3, 0.4) is 0 Å². The van der Waals surface area contributed by atoms with E-state index in [0.717, 1.165) is 0 Å². The first-order valence-corrected chi connectivity index (χ1v) is 5.62. The van der Waals surface area contributed by atoms with Gasteiger partial charge in [0, 0.05) is 6.20 Å². The molecule has 0 bridgehead atoms. The highest BCUT2D eigenvalue weighted by atomic mass is 18.2. The SMILES string of the molecule is OC[C@H]1O[C@@H](Oc2cccnc2[18F])[C@H](O)[C@@H](O)[C@H]1O. The minimum atomic E-state index is -1.59. The van der Waals surface area contributed by atoms with Gasteiger partial charge >= 0.3 is 0 Å². The number of hydrogen-bond donors (Lipinski definition) is 4. The van der Waals surface area contributed by atoms with E-state index in [4.69, 9.17) is 14.6 Å². The lowest BCUT2D eigenvalue weighted by Crippen LogP contribution is -2.60. The lowest BCUT2D eigenvalue weighted by Gasteiger charge is -2.39. The van der Waals surface area contributed by atoms with Crippen molar-refractivity contribution in [2.75, 3.05) is 6.61 Å². The van der Waals surface area contributed by atoms with Crippen molar-refractivity contribution in [2.24, 2.45) is 0 Å². The zero-order chi connectivity index (χ0) is 14.0. The van der Waals surface area contributed by atoms with Gasteiger partial charge in [-0.1, -0.05) is 0 Å². The van der Waals surface area contributed by atoms with Crippen molar-refractivity contribution < 1.29 is 34.3 Å². The second kappa shape index (κ2) is 5.76. The summed E-state index contributed by atoms with van der Waals surface area (Å²) in [5, 5.41) is 37.8. The van der Waals surface area contributed by atoms with Crippen molar-refractivity contribution in [2.45, 2.75) is 30.7 Å². The van der Waals surface area contributed by atoms with Gasteiger partial charge < -0.3 is 29.9 Å². The largest absolute Gasteiger partial charge is 0.457 e. The summed E-state index contributed by atoms with van der Waals surface area (Å²) >= 11 is 0. The summed E-state index contributed by atoms with van der Waals surface area (Å²) in [6.45, 7) is -0.583. The van der Waals surface area contributed by atoms with Gasteiger partial charge in [-0.05, 0) is 12.1 Å². The van der Waals surface area contributed by atoms with Crippen LogP contribution in [0.25, 0.3) is 0 Å². The van der Waals surface area contributed by atoms with Gasteiger partial charge in [0.25, 0.3) is 5.95 Å². The van der Waals surface area contributed by atoms with Crippen LogP contribution >= 0.6 is 0 Å². The molecule has 0 unspecified atom stereocenters. The highest BCUT2D eigenvalue weighted by Crippen LogP contribution is 2.24. The molecule has 0 spiro atoms. The van der Waals surface area contributed by atoms with Crippen LogP contribution in [-0.2, 0) is 4.74 Å². The Balaban J connectivity index is 2.13. The maximum atomic E-state index is 13.3. The summed E-state index contributed by atoms with van der Waals surface area (Å²) in [7, 11) is 0. The van der Waals surface area contributed by atoms with Gasteiger partial charge in [-0.15, -0.1) is 0 Å². The van der Waals surface area contributed by atoms with E-state index in [-0.39, 0.29) is 5.75 Å². The van der Waals surface area contributed by atoms with Crippen LogP contribution in [0.5, 0.6) is 5.75 Å². The smallest absolute Gasteiger partial charge is 0.255 e. The molecule has 2 rings (SSSR count). The molecule has 7 nitrogen and oxygen atoms in total. The van der Waals surface area contributed by atoms with E-state index in [0.29, 0.717) is 0 Å². The van der Waals surface area contributed by atoms with E-state index < -0.39 is 43.3 Å². The van der Waals surface area contributed by atoms with Gasteiger partial charge in [-0.3, -0.25) is 0 Å². The van der Waals surface area contributed by atoms with Gasteiger partial charge in [0.05, 0.1) is 6.61 Å². The number of pyridine rings is 1. The summed E-state index contributed by atoms with van der Waals surface area (Å²) in [5.74, 6) is -1.17. The van der Waals surface area contributed by atoms with Crippen molar-refractivity contribution in [1.82, 2.24) is 4.98 Å². The summed E-state index contributed by atoms with van der Waals surface area (Å²) in [6, 6.07) is 2.69. The highest BCUT2D eigenvalue weighted by Gasteiger charge is 2.44. The van der Waals surface area contributed by atoms with Crippen LogP contribution in [0.2, 0.25) is 0 Å². The molecule has 1 aromatic heterocycles. The van der Waals surface area contributed by atoms with E-state index in [1.165, 1.54) is 18.3 Å². The predicted octanol–water partition coefficient (Wildman–Crippen LogP) is -1.60. The van der Waals surface area contributed by atoms with Crippen molar-refractivity contribution in [3.8, 4) is 5.75 Å². The lowest BCUT2D eigenvalue weighted by atomic mass is 9.99. The van der Waals surface area contributed by atoms with E-state index >= 15 is 0 Å². The molecule has 1 aromatic rings. The lowest BCUT2D eigenvalue weighted by molar-refractivity contribution is -0.278. The Hall–Kier alpha value is -1.32. The maximum Gasteiger partial charge on any atom is 0.255 e. The minimum Gasteiger partial charge on any atom is -0.457 e. The Morgan fingerprint density at radius 3 is 2.63 bits per heavy atom. The van der Waals surface area contributed by atoms with E-state index in [2.05, 4.69) is 4.98 Å². The Morgan fingerprint density at radius 1 is 1.26 bits per heavy atom. The van der Waals surface area contributed by atoms with E-state index in [1.807, 2.05) is 0 Å². The number of aliphatic hydroxyl groups is 4. The maximum absolute atomic E-state index is 13.3. The predicted molar refractivity (Wildman–Crippen MR) is 58.6 cm³/mol. The standard InChI is InChI=1S/C11H14FNO6/c12-10-5(2-1-3-13-10)18-11-9(17)8(16)7(15)6(4-14)19-11/h1-3,6-9,11,14-17H,4H2/t6-,7+,8+,9-,11-/m1/s1/i12-1. The number of hydrogen-bond acceptors (Lipinski definition) is 7. The van der Waals surface area contributed by atoms with Crippen molar-refractivity contribution in [3.63, 3.8) is 0 Å². The Labute approximate surface area is 107 Å². The number of halogens is 1. The number of ether oxygens (including phenoxy) is 2. The first-order chi connectivity index (χ1) is 9.04. The molecular formula is C11H14FNO6. The first-order valence-electron chi connectivity index (χ1n) is 5.62. The van der Waals surface area contributed by atoms with Crippen molar-refractivity contribution in [3.05, 3.63) is 24.3 Å². The third kappa shape index (κ3) is 2.82. The molecule has 0 amide bonds. The quantitative estimate of drug-likeness (QED) is 0.491. The van der Waals surface area contributed by atoms with E-state index in [9.17, 15) is 19.7 Å². The number of nitrogens with zero attached hydrogens (tertiary/aromatic N) is 1. The van der Waals surface area contributed by atoms with E-state index in [1.54, 1.807) is 0 Å². The fourth-order valence-electron chi connectivity index (χ4n) is 1.75. The third-order valence-corrected chi connectivity index (χ3v) is 2.82. The molecular weight excluding hydrogens is 260 g/mol. The summed E-state index contributed by atoms with van der Waals surface area (Å²) in [4.78, 5) is 3.35. The molecule has 0 radical (unpaired) electrons. The first kappa shape index (κ1) is 14.1. The second-order valence-corrected chi connectivity index (χ2v) is 4.11. The fraction of sp³-hybridized carbons (Fsp3) is 0.545. The highest BCUT2D eigenvalue weighted by molar-refractivity contribution is 5.18. The van der Waals surface area contributed by atoms with Crippen LogP contribution in [0.15, 0.2) is 18.3 Å². The molecule has 8 heteroatoms. The van der Waals surface area contributed by atoms with Gasteiger partial charge in [0.2, 0.25) is 6.29 Å². The Morgan fingerprint density at radius 2 is 2.00 bits per heavy atom. The molecule has 2 heterocycles. The molecule has 1 fully saturated rings. The van der Waals surface area contributed by atoms with Gasteiger partial charge in [-0.25, -0.2) is 4.98 Å². The summed E-state index contributed by atoms with van der Waals surface area (Å²) < 4.78 is 23.4. The Kier molecular flexibility index (Phi) is 4.27. The monoisotopic (exact) mass is 274 g/mol.